The van der Waals surface area contributed by atoms with Gasteiger partial charge >= 0.3 is 0 Å². The zero-order valence-corrected chi connectivity index (χ0v) is 22.4. The lowest BCUT2D eigenvalue weighted by molar-refractivity contribution is -0.115. The van der Waals surface area contributed by atoms with Crippen LogP contribution in [0.25, 0.3) is 22.3 Å². The van der Waals surface area contributed by atoms with Gasteiger partial charge in [0.1, 0.15) is 17.8 Å². The predicted octanol–water partition coefficient (Wildman–Crippen LogP) is 4.63. The molecule has 39 heavy (non-hydrogen) atoms. The van der Waals surface area contributed by atoms with Crippen LogP contribution in [0, 0.1) is 11.8 Å². The minimum Gasteiger partial charge on any atom is -0.378 e. The van der Waals surface area contributed by atoms with E-state index in [4.69, 9.17) is 4.74 Å². The van der Waals surface area contributed by atoms with Crippen molar-refractivity contribution in [3.05, 3.63) is 66.5 Å². The minimum absolute atomic E-state index is 0.127. The van der Waals surface area contributed by atoms with Gasteiger partial charge in [0.05, 0.1) is 25.0 Å². The Morgan fingerprint density at radius 2 is 1.64 bits per heavy atom. The topological polar surface area (TPSA) is 112 Å². The average molecular weight is 525 g/mol. The maximum absolute atomic E-state index is 12.6. The van der Waals surface area contributed by atoms with Crippen LogP contribution >= 0.6 is 0 Å². The van der Waals surface area contributed by atoms with Crippen molar-refractivity contribution in [2.45, 2.75) is 27.2 Å². The molecule has 2 amide bonds. The monoisotopic (exact) mass is 524 g/mol. The van der Waals surface area contributed by atoms with Crippen LogP contribution in [-0.4, -0.2) is 53.1 Å². The number of ether oxygens (including phenoxy) is 1. The maximum Gasteiger partial charge on any atom is 0.300 e. The van der Waals surface area contributed by atoms with Crippen LogP contribution in [0.2, 0.25) is 0 Å². The summed E-state index contributed by atoms with van der Waals surface area (Å²) in [4.78, 5) is 38.6. The molecule has 0 atom stereocenters. The van der Waals surface area contributed by atoms with Crippen LogP contribution in [0.4, 0.5) is 17.2 Å². The van der Waals surface area contributed by atoms with Gasteiger partial charge in [0.25, 0.3) is 5.91 Å². The molecule has 1 aliphatic rings. The Morgan fingerprint density at radius 1 is 0.974 bits per heavy atom. The molecule has 0 unspecified atom stereocenters. The Hall–Kier alpha value is -4.68. The first-order valence-corrected chi connectivity index (χ1v) is 13.0. The fraction of sp³-hybridized carbons (Fsp3) is 0.267. The van der Waals surface area contributed by atoms with E-state index in [1.165, 1.54) is 0 Å². The summed E-state index contributed by atoms with van der Waals surface area (Å²) >= 11 is 0. The number of rotatable bonds is 6. The van der Waals surface area contributed by atoms with Crippen molar-refractivity contribution in [3.63, 3.8) is 0 Å². The van der Waals surface area contributed by atoms with Gasteiger partial charge in [-0.05, 0) is 54.3 Å². The molecule has 3 heterocycles. The van der Waals surface area contributed by atoms with E-state index >= 15 is 0 Å². The number of carbonyl (C=O) groups excluding carboxylic acids is 2. The Bertz CT molecular complexity index is 1480. The molecule has 0 radical (unpaired) electrons. The first-order chi connectivity index (χ1) is 19.1. The van der Waals surface area contributed by atoms with Gasteiger partial charge < -0.3 is 25.3 Å². The van der Waals surface area contributed by atoms with E-state index in [-0.39, 0.29) is 18.2 Å². The molecule has 5 rings (SSSR count). The second-order valence-corrected chi connectivity index (χ2v) is 8.57. The molecule has 2 aromatic heterocycles. The molecular weight excluding hydrogens is 492 g/mol. The molecular formula is C30H32N6O3. The molecule has 4 aromatic rings. The Labute approximate surface area is 228 Å². The number of hydrogen-bond acceptors (Lipinski definition) is 6. The molecule has 200 valence electrons. The van der Waals surface area contributed by atoms with Gasteiger partial charge in [0.2, 0.25) is 5.91 Å². The van der Waals surface area contributed by atoms with E-state index in [0.717, 1.165) is 46.8 Å². The van der Waals surface area contributed by atoms with Gasteiger partial charge in [0, 0.05) is 30.2 Å². The lowest BCUT2D eigenvalue weighted by Crippen LogP contribution is -2.36. The van der Waals surface area contributed by atoms with Gasteiger partial charge in [-0.1, -0.05) is 44.0 Å². The minimum atomic E-state index is -0.366. The van der Waals surface area contributed by atoms with Crippen molar-refractivity contribution >= 4 is 40.0 Å². The molecule has 9 nitrogen and oxygen atoms in total. The third-order valence-electron chi connectivity index (χ3n) is 6.01. The Kier molecular flexibility index (Phi) is 9.27. The number of benzene rings is 2. The van der Waals surface area contributed by atoms with Crippen LogP contribution in [0.1, 0.15) is 26.3 Å². The summed E-state index contributed by atoms with van der Waals surface area (Å²) in [6.07, 6.45) is 1.80. The van der Waals surface area contributed by atoms with Gasteiger partial charge in [-0.2, -0.15) is 0 Å². The zero-order valence-electron chi connectivity index (χ0n) is 22.4. The van der Waals surface area contributed by atoms with Gasteiger partial charge in [-0.25, -0.2) is 9.97 Å². The van der Waals surface area contributed by atoms with E-state index in [0.29, 0.717) is 24.6 Å². The number of hydrogen-bond donors (Lipinski definition) is 3. The summed E-state index contributed by atoms with van der Waals surface area (Å²) in [7, 11) is 0. The number of aromatic nitrogens is 3. The number of nitrogens with one attached hydrogen (secondary N) is 3. The number of morpholine rings is 1. The summed E-state index contributed by atoms with van der Waals surface area (Å²) < 4.78 is 5.46. The number of fused-ring (bicyclic) bond motifs is 1. The molecule has 0 spiro atoms. The molecule has 2 aromatic carbocycles. The van der Waals surface area contributed by atoms with Crippen molar-refractivity contribution in [2.75, 3.05) is 41.8 Å². The lowest BCUT2D eigenvalue weighted by atomic mass is 10.1. The fourth-order valence-electron chi connectivity index (χ4n) is 4.21. The maximum atomic E-state index is 12.6. The molecule has 0 aliphatic carbocycles. The molecule has 0 bridgehead atoms. The molecule has 1 saturated heterocycles. The predicted molar refractivity (Wildman–Crippen MR) is 155 cm³/mol. The molecule has 1 fully saturated rings. The summed E-state index contributed by atoms with van der Waals surface area (Å²) in [5, 5.41) is 6.59. The smallest absolute Gasteiger partial charge is 0.300 e. The van der Waals surface area contributed by atoms with Crippen LogP contribution in [0.5, 0.6) is 0 Å². The van der Waals surface area contributed by atoms with Gasteiger partial charge in [0.15, 0.2) is 0 Å². The summed E-state index contributed by atoms with van der Waals surface area (Å²) in [5.41, 5.74) is 4.87. The highest BCUT2D eigenvalue weighted by molar-refractivity contribution is 6.04. The van der Waals surface area contributed by atoms with Crippen LogP contribution in [-0.2, 0) is 20.7 Å². The standard InChI is InChI=1S/C28H26N6O3.C2H6/c1-2-3-25(35)31-21-8-4-19(5-9-21)16-26(36)32-22-10-6-20(7-11-22)24-17-23-27(33-24)29-18-30-28(23)34-12-14-37-15-13-34;1-2/h4-11,17-18H,12-16H2,1H3,(H,31,35)(H,32,36)(H,29,30,33);1-2H3. The lowest BCUT2D eigenvalue weighted by Gasteiger charge is -2.27. The largest absolute Gasteiger partial charge is 0.378 e. The third-order valence-corrected chi connectivity index (χ3v) is 6.01. The summed E-state index contributed by atoms with van der Waals surface area (Å²) in [5.74, 6) is 5.39. The van der Waals surface area contributed by atoms with E-state index in [2.05, 4.69) is 48.4 Å². The number of aromatic amines is 1. The third kappa shape index (κ3) is 7.00. The first-order valence-electron chi connectivity index (χ1n) is 13.0. The van der Waals surface area contributed by atoms with Crippen molar-refractivity contribution in [2.24, 2.45) is 0 Å². The van der Waals surface area contributed by atoms with Crippen LogP contribution in [0.3, 0.4) is 0 Å². The number of anilines is 3. The average Bonchev–Trinajstić information content (AvgIpc) is 3.41. The number of amides is 2. The highest BCUT2D eigenvalue weighted by Crippen LogP contribution is 2.29. The Balaban J connectivity index is 0.00000172. The Morgan fingerprint density at radius 3 is 2.33 bits per heavy atom. The second-order valence-electron chi connectivity index (χ2n) is 8.57. The molecule has 1 aliphatic heterocycles. The zero-order chi connectivity index (χ0) is 27.6. The van der Waals surface area contributed by atoms with Crippen LogP contribution < -0.4 is 15.5 Å². The first kappa shape index (κ1) is 27.4. The highest BCUT2D eigenvalue weighted by atomic mass is 16.5. The van der Waals surface area contributed by atoms with E-state index in [1.807, 2.05) is 50.2 Å². The van der Waals surface area contributed by atoms with Crippen molar-refractivity contribution in [1.82, 2.24) is 15.0 Å². The van der Waals surface area contributed by atoms with Gasteiger partial charge in [-0.15, -0.1) is 0 Å². The number of H-pyrrole nitrogens is 1. The molecule has 3 N–H and O–H groups in total. The fourth-order valence-corrected chi connectivity index (χ4v) is 4.21. The summed E-state index contributed by atoms with van der Waals surface area (Å²) in [6, 6.07) is 16.8. The van der Waals surface area contributed by atoms with E-state index < -0.39 is 0 Å². The van der Waals surface area contributed by atoms with Crippen LogP contribution in [0.15, 0.2) is 60.9 Å². The molecule has 0 saturated carbocycles. The number of nitrogens with zero attached hydrogens (tertiary/aromatic N) is 3. The number of carbonyl (C=O) groups is 2. The van der Waals surface area contributed by atoms with Crippen molar-refractivity contribution in [1.29, 1.82) is 0 Å². The van der Waals surface area contributed by atoms with Crippen molar-refractivity contribution < 1.29 is 14.3 Å². The van der Waals surface area contributed by atoms with E-state index in [9.17, 15) is 9.59 Å². The summed E-state index contributed by atoms with van der Waals surface area (Å²) in [6.45, 7) is 8.59. The van der Waals surface area contributed by atoms with E-state index in [1.54, 1.807) is 25.4 Å². The normalized spacial score (nSPS) is 12.5. The quantitative estimate of drug-likeness (QED) is 0.317. The molecule has 9 heteroatoms. The second kappa shape index (κ2) is 13.2. The van der Waals surface area contributed by atoms with Gasteiger partial charge in [-0.3, -0.25) is 9.59 Å². The highest BCUT2D eigenvalue weighted by Gasteiger charge is 2.17. The SMILES string of the molecule is CC.CC#CC(=O)Nc1ccc(CC(=O)Nc2ccc(-c3cc4c(N5CCOCC5)ncnc4[nH]3)cc2)cc1. The van der Waals surface area contributed by atoms with Crippen molar-refractivity contribution in [3.8, 4) is 23.1 Å².